The van der Waals surface area contributed by atoms with Gasteiger partial charge in [-0.1, -0.05) is 13.8 Å². The number of aliphatic hydroxyl groups is 1. The lowest BCUT2D eigenvalue weighted by molar-refractivity contribution is -0.178. The van der Waals surface area contributed by atoms with Crippen LogP contribution < -0.4 is 4.74 Å². The number of H-pyrrole nitrogens is 1. The Labute approximate surface area is 154 Å². The van der Waals surface area contributed by atoms with Crippen LogP contribution in [0.5, 0.6) is 5.75 Å². The van der Waals surface area contributed by atoms with Crippen molar-refractivity contribution in [2.45, 2.75) is 69.6 Å². The van der Waals surface area contributed by atoms with Crippen LogP contribution in [0.4, 0.5) is 0 Å². The number of ether oxygens (including phenoxy) is 1. The number of benzene rings is 1. The van der Waals surface area contributed by atoms with E-state index in [4.69, 9.17) is 4.74 Å². The van der Waals surface area contributed by atoms with Gasteiger partial charge >= 0.3 is 0 Å². The summed E-state index contributed by atoms with van der Waals surface area (Å²) < 4.78 is 5.35. The minimum absolute atomic E-state index is 0.127. The van der Waals surface area contributed by atoms with Crippen molar-refractivity contribution in [1.82, 2.24) is 9.88 Å². The fourth-order valence-electron chi connectivity index (χ4n) is 4.90. The average molecular weight is 356 g/mol. The van der Waals surface area contributed by atoms with Gasteiger partial charge in [0.05, 0.1) is 12.7 Å². The molecule has 5 heteroatoms. The summed E-state index contributed by atoms with van der Waals surface area (Å²) in [6.45, 7) is 4.22. The van der Waals surface area contributed by atoms with Gasteiger partial charge in [0.15, 0.2) is 0 Å². The number of methoxy groups -OCH3 is 1. The smallest absolute Gasteiger partial charge is 0.223 e. The minimum atomic E-state index is -0.513. The zero-order valence-corrected chi connectivity index (χ0v) is 15.8. The van der Waals surface area contributed by atoms with E-state index >= 15 is 0 Å². The third kappa shape index (κ3) is 2.78. The number of rotatable bonds is 5. The van der Waals surface area contributed by atoms with Gasteiger partial charge < -0.3 is 19.7 Å². The zero-order valence-electron chi connectivity index (χ0n) is 15.8. The monoisotopic (exact) mass is 356 g/mol. The number of fused-ring (bicyclic) bond motifs is 3. The topological polar surface area (TPSA) is 65.6 Å². The molecule has 5 rings (SSSR count). The SMILES string of the molecule is CCC1CC2(O)CC(C2)N1C(=O)CC(C)c1c[nH]c2ccc(OC)cc12. The Bertz CT molecular complexity index is 822. The van der Waals surface area contributed by atoms with Crippen molar-refractivity contribution in [2.24, 2.45) is 0 Å². The maximum absolute atomic E-state index is 13.1. The van der Waals surface area contributed by atoms with E-state index in [1.807, 2.05) is 24.4 Å². The molecule has 1 aromatic carbocycles. The van der Waals surface area contributed by atoms with E-state index in [-0.39, 0.29) is 23.9 Å². The lowest BCUT2D eigenvalue weighted by atomic mass is 9.66. The van der Waals surface area contributed by atoms with E-state index in [1.54, 1.807) is 7.11 Å². The average Bonchev–Trinajstić information content (AvgIpc) is 3.03. The van der Waals surface area contributed by atoms with E-state index in [9.17, 15) is 9.90 Å². The molecule has 1 aliphatic carbocycles. The molecule has 5 nitrogen and oxygen atoms in total. The standard InChI is InChI=1S/C21H28N2O3/c1-4-14-9-21(25)10-15(11-21)23(14)20(24)7-13(2)18-12-22-19-6-5-16(26-3)8-17(18)19/h5-6,8,12-15,22,25H,4,7,9-11H2,1-3H3. The Morgan fingerprint density at radius 1 is 1.42 bits per heavy atom. The van der Waals surface area contributed by atoms with Gasteiger partial charge in [-0.3, -0.25) is 4.79 Å². The van der Waals surface area contributed by atoms with Crippen molar-refractivity contribution in [3.63, 3.8) is 0 Å². The fourth-order valence-corrected chi connectivity index (χ4v) is 4.90. The number of hydrogen-bond donors (Lipinski definition) is 2. The highest BCUT2D eigenvalue weighted by Gasteiger charge is 2.54. The number of aromatic nitrogens is 1. The molecule has 1 amide bonds. The highest BCUT2D eigenvalue weighted by Crippen LogP contribution is 2.47. The Kier molecular flexibility index (Phi) is 4.22. The van der Waals surface area contributed by atoms with Crippen molar-refractivity contribution in [1.29, 1.82) is 0 Å². The highest BCUT2D eigenvalue weighted by atomic mass is 16.5. The first-order chi connectivity index (χ1) is 12.4. The second kappa shape index (κ2) is 6.31. The molecule has 2 aliphatic heterocycles. The summed E-state index contributed by atoms with van der Waals surface area (Å²) in [4.78, 5) is 18.5. The van der Waals surface area contributed by atoms with Crippen LogP contribution >= 0.6 is 0 Å². The first kappa shape index (κ1) is 17.4. The molecule has 1 aromatic heterocycles. The minimum Gasteiger partial charge on any atom is -0.497 e. The van der Waals surface area contributed by atoms with Crippen LogP contribution in [0.2, 0.25) is 0 Å². The van der Waals surface area contributed by atoms with E-state index in [1.165, 1.54) is 0 Å². The lowest BCUT2D eigenvalue weighted by Crippen LogP contribution is -2.67. The van der Waals surface area contributed by atoms with E-state index in [2.05, 4.69) is 23.7 Å². The molecule has 2 bridgehead atoms. The van der Waals surface area contributed by atoms with Crippen LogP contribution in [0.3, 0.4) is 0 Å². The number of aromatic amines is 1. The van der Waals surface area contributed by atoms with Gasteiger partial charge in [0.25, 0.3) is 0 Å². The Morgan fingerprint density at radius 3 is 2.88 bits per heavy atom. The van der Waals surface area contributed by atoms with Crippen molar-refractivity contribution >= 4 is 16.8 Å². The summed E-state index contributed by atoms with van der Waals surface area (Å²) >= 11 is 0. The first-order valence-electron chi connectivity index (χ1n) is 9.62. The largest absolute Gasteiger partial charge is 0.497 e. The van der Waals surface area contributed by atoms with Gasteiger partial charge in [-0.2, -0.15) is 0 Å². The van der Waals surface area contributed by atoms with Crippen LogP contribution in [0, 0.1) is 0 Å². The lowest BCUT2D eigenvalue weighted by Gasteiger charge is -2.58. The quantitative estimate of drug-likeness (QED) is 0.861. The first-order valence-corrected chi connectivity index (χ1v) is 9.62. The van der Waals surface area contributed by atoms with Crippen LogP contribution in [0.1, 0.15) is 57.4 Å². The molecule has 2 saturated heterocycles. The summed E-state index contributed by atoms with van der Waals surface area (Å²) in [5, 5.41) is 11.5. The van der Waals surface area contributed by atoms with Crippen molar-refractivity contribution in [2.75, 3.05) is 7.11 Å². The van der Waals surface area contributed by atoms with Gasteiger partial charge in [-0.05, 0) is 55.4 Å². The molecule has 26 heavy (non-hydrogen) atoms. The summed E-state index contributed by atoms with van der Waals surface area (Å²) in [5.41, 5.74) is 1.71. The molecular formula is C21H28N2O3. The third-order valence-electron chi connectivity index (χ3n) is 6.33. The summed E-state index contributed by atoms with van der Waals surface area (Å²) in [7, 11) is 1.67. The second-order valence-corrected chi connectivity index (χ2v) is 8.11. The van der Waals surface area contributed by atoms with E-state index in [0.29, 0.717) is 6.42 Å². The maximum Gasteiger partial charge on any atom is 0.223 e. The molecule has 3 fully saturated rings. The molecule has 140 valence electrons. The number of nitrogens with one attached hydrogen (secondary N) is 1. The van der Waals surface area contributed by atoms with Crippen molar-refractivity contribution in [3.8, 4) is 5.75 Å². The molecule has 1 saturated carbocycles. The molecular weight excluding hydrogens is 328 g/mol. The zero-order chi connectivity index (χ0) is 18.5. The fraction of sp³-hybridized carbons (Fsp3) is 0.571. The Morgan fingerprint density at radius 2 is 2.19 bits per heavy atom. The normalized spacial score (nSPS) is 28.7. The number of hydrogen-bond acceptors (Lipinski definition) is 3. The molecule has 0 spiro atoms. The van der Waals surface area contributed by atoms with Gasteiger partial charge in [0.1, 0.15) is 5.75 Å². The van der Waals surface area contributed by atoms with E-state index < -0.39 is 5.60 Å². The predicted molar refractivity (Wildman–Crippen MR) is 101 cm³/mol. The van der Waals surface area contributed by atoms with Gasteiger partial charge in [-0.25, -0.2) is 0 Å². The van der Waals surface area contributed by atoms with Crippen molar-refractivity contribution in [3.05, 3.63) is 30.0 Å². The Balaban J connectivity index is 1.53. The van der Waals surface area contributed by atoms with Gasteiger partial charge in [0.2, 0.25) is 5.91 Å². The molecule has 3 aliphatic rings. The summed E-state index contributed by atoms with van der Waals surface area (Å²) in [6, 6.07) is 6.38. The maximum atomic E-state index is 13.1. The highest BCUT2D eigenvalue weighted by molar-refractivity contribution is 5.86. The van der Waals surface area contributed by atoms with Crippen LogP contribution in [0.25, 0.3) is 10.9 Å². The third-order valence-corrected chi connectivity index (χ3v) is 6.33. The number of carbonyl (C=O) groups excluding carboxylic acids is 1. The number of amides is 1. The van der Waals surface area contributed by atoms with Crippen molar-refractivity contribution < 1.29 is 14.6 Å². The summed E-state index contributed by atoms with van der Waals surface area (Å²) in [6.07, 6.45) is 5.63. The van der Waals surface area contributed by atoms with Crippen LogP contribution in [-0.4, -0.2) is 45.7 Å². The number of carbonyl (C=O) groups is 1. The van der Waals surface area contributed by atoms with Gasteiger partial charge in [-0.15, -0.1) is 0 Å². The molecule has 2 aromatic rings. The molecule has 3 heterocycles. The molecule has 2 N–H and O–H groups in total. The summed E-state index contributed by atoms with van der Waals surface area (Å²) in [5.74, 6) is 1.17. The predicted octanol–water partition coefficient (Wildman–Crippen LogP) is 3.57. The molecule has 0 radical (unpaired) electrons. The van der Waals surface area contributed by atoms with Gasteiger partial charge in [0, 0.05) is 35.6 Å². The number of nitrogens with zero attached hydrogens (tertiary/aromatic N) is 1. The second-order valence-electron chi connectivity index (χ2n) is 8.11. The molecule has 2 unspecified atom stereocenters. The van der Waals surface area contributed by atoms with Crippen LogP contribution in [-0.2, 0) is 4.79 Å². The Hall–Kier alpha value is -2.01. The van der Waals surface area contributed by atoms with Crippen LogP contribution in [0.15, 0.2) is 24.4 Å². The molecule has 2 atom stereocenters. The number of piperidine rings is 2. The van der Waals surface area contributed by atoms with E-state index in [0.717, 1.165) is 47.9 Å².